The first-order chi connectivity index (χ1) is 9.68. The Balaban J connectivity index is 1.94. The van der Waals surface area contributed by atoms with Crippen molar-refractivity contribution in [2.45, 2.75) is 6.42 Å². The quantitative estimate of drug-likeness (QED) is 0.615. The molecular weight excluding hydrogens is 252 g/mol. The highest BCUT2D eigenvalue weighted by Crippen LogP contribution is 2.04. The molecule has 0 saturated carbocycles. The Morgan fingerprint density at radius 2 is 1.70 bits per heavy atom. The fourth-order valence-corrected chi connectivity index (χ4v) is 1.83. The van der Waals surface area contributed by atoms with Gasteiger partial charge in [-0.25, -0.2) is 0 Å². The number of ketones is 1. The maximum atomic E-state index is 12.0. The van der Waals surface area contributed by atoms with E-state index in [1.54, 1.807) is 43.7 Å². The van der Waals surface area contributed by atoms with Gasteiger partial charge in [-0.15, -0.1) is 0 Å². The molecule has 0 unspecified atom stereocenters. The molecule has 1 aromatic heterocycles. The summed E-state index contributed by atoms with van der Waals surface area (Å²) < 4.78 is 0. The Bertz CT molecular complexity index is 582. The average molecular weight is 268 g/mol. The molecule has 2 rings (SSSR count). The van der Waals surface area contributed by atoms with E-state index in [-0.39, 0.29) is 0 Å². The van der Waals surface area contributed by atoms with Gasteiger partial charge in [0, 0.05) is 31.5 Å². The number of amides is 1. The first-order valence-corrected chi connectivity index (χ1v) is 6.42. The van der Waals surface area contributed by atoms with Crippen molar-refractivity contribution in [3.63, 3.8) is 0 Å². The summed E-state index contributed by atoms with van der Waals surface area (Å²) in [7, 11) is 1.64. The molecule has 1 aromatic carbocycles. The normalized spacial score (nSPS) is 10.1. The molecular formula is C16H16N2O2. The molecule has 0 bridgehead atoms. The summed E-state index contributed by atoms with van der Waals surface area (Å²) in [6.45, 7) is 0.501. The van der Waals surface area contributed by atoms with Crippen LogP contribution in [-0.2, 0) is 11.2 Å². The molecule has 20 heavy (non-hydrogen) atoms. The highest BCUT2D eigenvalue weighted by atomic mass is 16.2. The zero-order valence-corrected chi connectivity index (χ0v) is 11.3. The zero-order valence-electron chi connectivity index (χ0n) is 11.3. The number of benzene rings is 1. The van der Waals surface area contributed by atoms with E-state index in [9.17, 15) is 9.59 Å². The molecule has 0 radical (unpaired) electrons. The van der Waals surface area contributed by atoms with Crippen LogP contribution in [0.25, 0.3) is 0 Å². The van der Waals surface area contributed by atoms with Crippen LogP contribution in [0.15, 0.2) is 54.9 Å². The van der Waals surface area contributed by atoms with E-state index in [1.165, 1.54) is 4.90 Å². The Labute approximate surface area is 118 Å². The van der Waals surface area contributed by atoms with Crippen LogP contribution in [0.4, 0.5) is 0 Å². The van der Waals surface area contributed by atoms with Crippen LogP contribution in [0.3, 0.4) is 0 Å². The second-order valence-corrected chi connectivity index (χ2v) is 4.53. The lowest BCUT2D eigenvalue weighted by Crippen LogP contribution is -2.34. The number of likely N-dealkylation sites (N-methyl/N-ethyl adjacent to an activating group) is 1. The molecule has 1 amide bonds. The molecule has 102 valence electrons. The van der Waals surface area contributed by atoms with Crippen LogP contribution in [0.1, 0.15) is 15.9 Å². The van der Waals surface area contributed by atoms with Crippen LogP contribution < -0.4 is 0 Å². The summed E-state index contributed by atoms with van der Waals surface area (Å²) in [5.41, 5.74) is 1.51. The summed E-state index contributed by atoms with van der Waals surface area (Å²) >= 11 is 0. The molecule has 4 heteroatoms. The number of carbonyl (C=O) groups is 2. The molecule has 0 aliphatic heterocycles. The van der Waals surface area contributed by atoms with E-state index < -0.39 is 11.7 Å². The SMILES string of the molecule is CN(CCc1ccncc1)C(=O)C(=O)c1ccccc1. The van der Waals surface area contributed by atoms with Crippen LogP contribution in [0.2, 0.25) is 0 Å². The van der Waals surface area contributed by atoms with Gasteiger partial charge < -0.3 is 4.90 Å². The first kappa shape index (κ1) is 13.9. The number of rotatable bonds is 5. The van der Waals surface area contributed by atoms with Gasteiger partial charge in [0.05, 0.1) is 0 Å². The van der Waals surface area contributed by atoms with E-state index in [4.69, 9.17) is 0 Å². The maximum Gasteiger partial charge on any atom is 0.294 e. The highest BCUT2D eigenvalue weighted by molar-refractivity contribution is 6.42. The Kier molecular flexibility index (Phi) is 4.60. The maximum absolute atomic E-state index is 12.0. The number of aromatic nitrogens is 1. The third kappa shape index (κ3) is 3.51. The number of carbonyl (C=O) groups excluding carboxylic acids is 2. The van der Waals surface area contributed by atoms with Gasteiger partial charge in [-0.05, 0) is 24.1 Å². The third-order valence-electron chi connectivity index (χ3n) is 3.06. The molecule has 4 nitrogen and oxygen atoms in total. The number of hydrogen-bond acceptors (Lipinski definition) is 3. The van der Waals surface area contributed by atoms with Gasteiger partial charge in [-0.2, -0.15) is 0 Å². The smallest absolute Gasteiger partial charge is 0.294 e. The van der Waals surface area contributed by atoms with Crippen molar-refractivity contribution in [1.29, 1.82) is 0 Å². The Hall–Kier alpha value is -2.49. The molecule has 1 heterocycles. The largest absolute Gasteiger partial charge is 0.339 e. The van der Waals surface area contributed by atoms with Crippen molar-refractivity contribution in [1.82, 2.24) is 9.88 Å². The molecule has 0 aliphatic rings. The molecule has 0 fully saturated rings. The minimum absolute atomic E-state index is 0.424. The van der Waals surface area contributed by atoms with Gasteiger partial charge in [-0.3, -0.25) is 14.6 Å². The van der Waals surface area contributed by atoms with Crippen molar-refractivity contribution < 1.29 is 9.59 Å². The van der Waals surface area contributed by atoms with Gasteiger partial charge in [0.1, 0.15) is 0 Å². The van der Waals surface area contributed by atoms with Gasteiger partial charge in [-0.1, -0.05) is 30.3 Å². The number of hydrogen-bond donors (Lipinski definition) is 0. The van der Waals surface area contributed by atoms with Gasteiger partial charge in [0.2, 0.25) is 5.78 Å². The number of pyridine rings is 1. The standard InChI is InChI=1S/C16H16N2O2/c1-18(12-9-13-7-10-17-11-8-13)16(20)15(19)14-5-3-2-4-6-14/h2-8,10-11H,9,12H2,1H3. The summed E-state index contributed by atoms with van der Waals surface area (Å²) in [6, 6.07) is 12.4. The summed E-state index contributed by atoms with van der Waals surface area (Å²) in [6.07, 6.45) is 4.13. The van der Waals surface area contributed by atoms with Crippen LogP contribution in [-0.4, -0.2) is 35.2 Å². The minimum atomic E-state index is -0.481. The lowest BCUT2D eigenvalue weighted by molar-refractivity contribution is -0.125. The van der Waals surface area contributed by atoms with Gasteiger partial charge in [0.15, 0.2) is 0 Å². The second kappa shape index (κ2) is 6.61. The fourth-order valence-electron chi connectivity index (χ4n) is 1.83. The van der Waals surface area contributed by atoms with E-state index in [2.05, 4.69) is 4.98 Å². The average Bonchev–Trinajstić information content (AvgIpc) is 2.53. The van der Waals surface area contributed by atoms with Crippen LogP contribution >= 0.6 is 0 Å². The molecule has 0 N–H and O–H groups in total. The molecule has 0 atom stereocenters. The molecule has 0 saturated heterocycles. The zero-order chi connectivity index (χ0) is 14.4. The van der Waals surface area contributed by atoms with Crippen molar-refractivity contribution in [2.75, 3.05) is 13.6 Å². The molecule has 2 aromatic rings. The van der Waals surface area contributed by atoms with E-state index in [0.29, 0.717) is 18.5 Å². The monoisotopic (exact) mass is 268 g/mol. The summed E-state index contributed by atoms with van der Waals surface area (Å²) in [5, 5.41) is 0. The predicted molar refractivity (Wildman–Crippen MR) is 76.4 cm³/mol. The first-order valence-electron chi connectivity index (χ1n) is 6.42. The lowest BCUT2D eigenvalue weighted by atomic mass is 10.1. The summed E-state index contributed by atoms with van der Waals surface area (Å²) in [5.74, 6) is -0.951. The van der Waals surface area contributed by atoms with Crippen LogP contribution in [0, 0.1) is 0 Å². The molecule has 0 spiro atoms. The minimum Gasteiger partial charge on any atom is -0.339 e. The van der Waals surface area contributed by atoms with Crippen molar-refractivity contribution >= 4 is 11.7 Å². The molecule has 0 aliphatic carbocycles. The van der Waals surface area contributed by atoms with Crippen molar-refractivity contribution in [3.05, 3.63) is 66.0 Å². The van der Waals surface area contributed by atoms with Gasteiger partial charge >= 0.3 is 0 Å². The van der Waals surface area contributed by atoms with E-state index in [0.717, 1.165) is 5.56 Å². The van der Waals surface area contributed by atoms with E-state index in [1.807, 2.05) is 18.2 Å². The fraction of sp³-hybridized carbons (Fsp3) is 0.188. The Morgan fingerprint density at radius 3 is 2.35 bits per heavy atom. The van der Waals surface area contributed by atoms with Crippen molar-refractivity contribution in [2.24, 2.45) is 0 Å². The third-order valence-corrected chi connectivity index (χ3v) is 3.06. The van der Waals surface area contributed by atoms with Crippen LogP contribution in [0.5, 0.6) is 0 Å². The predicted octanol–water partition coefficient (Wildman–Crippen LogP) is 1.97. The number of nitrogens with zero attached hydrogens (tertiary/aromatic N) is 2. The highest BCUT2D eigenvalue weighted by Gasteiger charge is 2.19. The summed E-state index contributed by atoms with van der Waals surface area (Å²) in [4.78, 5) is 29.4. The topological polar surface area (TPSA) is 50.3 Å². The Morgan fingerprint density at radius 1 is 1.05 bits per heavy atom. The lowest BCUT2D eigenvalue weighted by Gasteiger charge is -2.16. The number of Topliss-reactive ketones (excluding diaryl/α,β-unsaturated/α-hetero) is 1. The van der Waals surface area contributed by atoms with E-state index >= 15 is 0 Å². The second-order valence-electron chi connectivity index (χ2n) is 4.53. The van der Waals surface area contributed by atoms with Gasteiger partial charge in [0.25, 0.3) is 5.91 Å². The van der Waals surface area contributed by atoms with Crippen molar-refractivity contribution in [3.8, 4) is 0 Å².